The minimum atomic E-state index is 0.0836. The largest absolute Gasteiger partial charge is 0.351 e. The van der Waals surface area contributed by atoms with Crippen LogP contribution in [0.3, 0.4) is 0 Å². The van der Waals surface area contributed by atoms with E-state index in [-0.39, 0.29) is 5.91 Å². The third kappa shape index (κ3) is 3.39. The van der Waals surface area contributed by atoms with Crippen LogP contribution in [0, 0.1) is 5.92 Å². The third-order valence-electron chi connectivity index (χ3n) is 5.46. The maximum absolute atomic E-state index is 12.6. The summed E-state index contributed by atoms with van der Waals surface area (Å²) in [5.74, 6) is 0.701. The number of benzene rings is 1. The number of halogens is 1. The third-order valence-corrected chi connectivity index (χ3v) is 7.06. The van der Waals surface area contributed by atoms with Crippen LogP contribution in [0.1, 0.15) is 41.8 Å². The number of carbonyl (C=O) groups is 1. The summed E-state index contributed by atoms with van der Waals surface area (Å²) in [5.41, 5.74) is 0. The second-order valence-corrected chi connectivity index (χ2v) is 9.00. The highest BCUT2D eigenvalue weighted by molar-refractivity contribution is 9.10. The van der Waals surface area contributed by atoms with Crippen LogP contribution in [-0.4, -0.2) is 36.5 Å². The van der Waals surface area contributed by atoms with Crippen molar-refractivity contribution in [1.82, 2.24) is 10.2 Å². The molecule has 0 saturated carbocycles. The molecule has 2 saturated heterocycles. The molecule has 2 aliphatic heterocycles. The van der Waals surface area contributed by atoms with Gasteiger partial charge in [0.15, 0.2) is 0 Å². The summed E-state index contributed by atoms with van der Waals surface area (Å²) in [4.78, 5) is 16.0. The topological polar surface area (TPSA) is 32.3 Å². The molecular weight excluding hydrogens is 384 g/mol. The highest BCUT2D eigenvalue weighted by Crippen LogP contribution is 2.31. The number of hydrogen-bond donors (Lipinski definition) is 1. The van der Waals surface area contributed by atoms with Crippen molar-refractivity contribution in [3.05, 3.63) is 33.6 Å². The normalized spacial score (nSPS) is 24.7. The van der Waals surface area contributed by atoms with E-state index in [1.54, 1.807) is 11.3 Å². The van der Waals surface area contributed by atoms with Crippen molar-refractivity contribution in [2.24, 2.45) is 5.92 Å². The van der Waals surface area contributed by atoms with E-state index in [0.29, 0.717) is 12.0 Å². The first-order valence-corrected chi connectivity index (χ1v) is 10.5. The second-order valence-electron chi connectivity index (χ2n) is 7.00. The number of nitrogens with zero attached hydrogens (tertiary/aromatic N) is 1. The Hall–Kier alpha value is -0.910. The molecule has 2 unspecified atom stereocenters. The van der Waals surface area contributed by atoms with E-state index in [9.17, 15) is 4.79 Å². The number of carbonyl (C=O) groups excluding carboxylic acids is 1. The van der Waals surface area contributed by atoms with Gasteiger partial charge in [-0.2, -0.15) is 0 Å². The first-order chi connectivity index (χ1) is 11.7. The highest BCUT2D eigenvalue weighted by atomic mass is 79.9. The van der Waals surface area contributed by atoms with Gasteiger partial charge in [0.05, 0.1) is 4.88 Å². The fourth-order valence-electron chi connectivity index (χ4n) is 4.25. The van der Waals surface area contributed by atoms with E-state index < -0.39 is 0 Å². The lowest BCUT2D eigenvalue weighted by Crippen LogP contribution is -2.50. The SMILES string of the molecule is O=C(NCC1CCCN2CCCCC12)c1cc2cc(Br)ccc2s1. The maximum atomic E-state index is 12.6. The zero-order valence-corrected chi connectivity index (χ0v) is 16.2. The smallest absolute Gasteiger partial charge is 0.261 e. The molecule has 2 atom stereocenters. The molecule has 2 aliphatic rings. The van der Waals surface area contributed by atoms with Crippen molar-refractivity contribution < 1.29 is 4.79 Å². The maximum Gasteiger partial charge on any atom is 0.261 e. The molecule has 3 nitrogen and oxygen atoms in total. The molecule has 2 aromatic rings. The van der Waals surface area contributed by atoms with Crippen molar-refractivity contribution >= 4 is 43.3 Å². The van der Waals surface area contributed by atoms with Gasteiger partial charge in [-0.3, -0.25) is 4.79 Å². The molecule has 2 fully saturated rings. The Morgan fingerprint density at radius 3 is 3.00 bits per heavy atom. The highest BCUT2D eigenvalue weighted by Gasteiger charge is 2.33. The zero-order chi connectivity index (χ0) is 16.5. The first kappa shape index (κ1) is 16.6. The lowest BCUT2D eigenvalue weighted by Gasteiger charge is -2.44. The van der Waals surface area contributed by atoms with Gasteiger partial charge in [0.1, 0.15) is 0 Å². The van der Waals surface area contributed by atoms with Crippen molar-refractivity contribution in [3.8, 4) is 0 Å². The van der Waals surface area contributed by atoms with Crippen molar-refractivity contribution in [3.63, 3.8) is 0 Å². The Bertz CT molecular complexity index is 742. The predicted molar refractivity (Wildman–Crippen MR) is 104 cm³/mol. The Morgan fingerprint density at radius 1 is 1.21 bits per heavy atom. The number of hydrogen-bond acceptors (Lipinski definition) is 3. The average molecular weight is 407 g/mol. The molecule has 1 aromatic carbocycles. The summed E-state index contributed by atoms with van der Waals surface area (Å²) in [6.07, 6.45) is 6.51. The molecule has 0 radical (unpaired) electrons. The van der Waals surface area contributed by atoms with E-state index in [1.807, 2.05) is 12.1 Å². The number of thiophene rings is 1. The molecule has 3 heterocycles. The Balaban J connectivity index is 1.41. The summed E-state index contributed by atoms with van der Waals surface area (Å²) in [7, 11) is 0. The number of rotatable bonds is 3. The van der Waals surface area contributed by atoms with Crippen LogP contribution >= 0.6 is 27.3 Å². The molecule has 1 aromatic heterocycles. The fourth-order valence-corrected chi connectivity index (χ4v) is 5.59. The van der Waals surface area contributed by atoms with Crippen molar-refractivity contribution in [1.29, 1.82) is 0 Å². The van der Waals surface area contributed by atoms with Gasteiger partial charge in [0, 0.05) is 21.8 Å². The quantitative estimate of drug-likeness (QED) is 0.803. The van der Waals surface area contributed by atoms with Gasteiger partial charge >= 0.3 is 0 Å². The van der Waals surface area contributed by atoms with E-state index in [2.05, 4.69) is 38.3 Å². The van der Waals surface area contributed by atoms with Crippen LogP contribution in [0.4, 0.5) is 0 Å². The minimum absolute atomic E-state index is 0.0836. The van der Waals surface area contributed by atoms with Gasteiger partial charge in [-0.05, 0) is 74.3 Å². The van der Waals surface area contributed by atoms with Gasteiger partial charge in [-0.15, -0.1) is 11.3 Å². The Morgan fingerprint density at radius 2 is 2.08 bits per heavy atom. The summed E-state index contributed by atoms with van der Waals surface area (Å²) >= 11 is 5.07. The number of fused-ring (bicyclic) bond motifs is 2. The van der Waals surface area contributed by atoms with E-state index in [4.69, 9.17) is 0 Å². The summed E-state index contributed by atoms with van der Waals surface area (Å²) in [5, 5.41) is 4.35. The molecule has 0 aliphatic carbocycles. The molecular formula is C19H23BrN2OS. The van der Waals surface area contributed by atoms with Gasteiger partial charge in [-0.25, -0.2) is 0 Å². The Kier molecular flexibility index (Phi) is 4.93. The van der Waals surface area contributed by atoms with Crippen molar-refractivity contribution in [2.45, 2.75) is 38.1 Å². The monoisotopic (exact) mass is 406 g/mol. The lowest BCUT2D eigenvalue weighted by atomic mass is 9.83. The molecule has 1 N–H and O–H groups in total. The van der Waals surface area contributed by atoms with Crippen LogP contribution in [0.2, 0.25) is 0 Å². The van der Waals surface area contributed by atoms with Crippen LogP contribution in [-0.2, 0) is 0 Å². The zero-order valence-electron chi connectivity index (χ0n) is 13.8. The van der Waals surface area contributed by atoms with Crippen LogP contribution in [0.25, 0.3) is 10.1 Å². The van der Waals surface area contributed by atoms with Gasteiger partial charge in [0.2, 0.25) is 0 Å². The molecule has 5 heteroatoms. The van der Waals surface area contributed by atoms with Crippen LogP contribution in [0.15, 0.2) is 28.7 Å². The van der Waals surface area contributed by atoms with Gasteiger partial charge < -0.3 is 10.2 Å². The van der Waals surface area contributed by atoms with E-state index in [0.717, 1.165) is 21.3 Å². The predicted octanol–water partition coefficient (Wildman–Crippen LogP) is 4.66. The molecule has 24 heavy (non-hydrogen) atoms. The molecule has 4 rings (SSSR count). The van der Waals surface area contributed by atoms with Crippen LogP contribution < -0.4 is 5.32 Å². The summed E-state index contributed by atoms with van der Waals surface area (Å²) in [6, 6.07) is 8.87. The summed E-state index contributed by atoms with van der Waals surface area (Å²) < 4.78 is 2.22. The summed E-state index contributed by atoms with van der Waals surface area (Å²) in [6.45, 7) is 3.32. The lowest BCUT2D eigenvalue weighted by molar-refractivity contribution is 0.0576. The second kappa shape index (κ2) is 7.14. The van der Waals surface area contributed by atoms with E-state index >= 15 is 0 Å². The van der Waals surface area contributed by atoms with Gasteiger partial charge in [0.25, 0.3) is 5.91 Å². The fraction of sp³-hybridized carbons (Fsp3) is 0.526. The minimum Gasteiger partial charge on any atom is -0.351 e. The standard InChI is InChI=1S/C19H23BrN2OS/c20-15-6-7-17-14(10-15)11-18(24-17)19(23)21-12-13-4-3-9-22-8-2-1-5-16(13)22/h6-7,10-11,13,16H,1-5,8-9,12H2,(H,21,23). The molecule has 0 spiro atoms. The van der Waals surface area contributed by atoms with E-state index in [1.165, 1.54) is 49.9 Å². The first-order valence-electron chi connectivity index (χ1n) is 8.92. The number of piperidine rings is 2. The molecule has 1 amide bonds. The average Bonchev–Trinajstić information content (AvgIpc) is 3.03. The van der Waals surface area contributed by atoms with Crippen LogP contribution in [0.5, 0.6) is 0 Å². The van der Waals surface area contributed by atoms with Gasteiger partial charge in [-0.1, -0.05) is 22.4 Å². The Labute approximate surface area is 155 Å². The van der Waals surface area contributed by atoms with Crippen molar-refractivity contribution in [2.75, 3.05) is 19.6 Å². The molecule has 128 valence electrons. The number of amides is 1. The molecule has 0 bridgehead atoms. The number of nitrogens with one attached hydrogen (secondary N) is 1.